The zero-order valence-electron chi connectivity index (χ0n) is 18.5. The predicted molar refractivity (Wildman–Crippen MR) is 115 cm³/mol. The van der Waals surface area contributed by atoms with Crippen LogP contribution in [0.15, 0.2) is 23.4 Å². The van der Waals surface area contributed by atoms with Crippen LogP contribution in [0, 0.1) is 6.92 Å². The van der Waals surface area contributed by atoms with Crippen LogP contribution in [0.5, 0.6) is 0 Å². The Labute approximate surface area is 188 Å². The summed E-state index contributed by atoms with van der Waals surface area (Å²) in [7, 11) is 0. The number of nitrogens with zero attached hydrogens (tertiary/aromatic N) is 5. The van der Waals surface area contributed by atoms with E-state index in [1.54, 1.807) is 6.92 Å². The van der Waals surface area contributed by atoms with E-state index in [4.69, 9.17) is 4.74 Å². The molecule has 1 aliphatic heterocycles. The molecule has 1 saturated heterocycles. The fourth-order valence-corrected chi connectivity index (χ4v) is 3.40. The molecule has 3 heterocycles. The van der Waals surface area contributed by atoms with Crippen LogP contribution in [0.1, 0.15) is 18.1 Å². The number of hydrogen-bond donors (Lipinski definition) is 3. The molecule has 1 fully saturated rings. The van der Waals surface area contributed by atoms with Gasteiger partial charge in [-0.1, -0.05) is 0 Å². The fraction of sp³-hybridized carbons (Fsp3) is 0.600. The molecular weight excluding hydrogens is 443 g/mol. The quantitative estimate of drug-likeness (QED) is 0.490. The SMILES string of the molecule is Cc1c(N[C@@H](C)COCC(O)CN2CCN(c3ncc(C(F)(F)F)cn3)CC2)cn[nH]c1=O. The average Bonchev–Trinajstić information content (AvgIpc) is 2.77. The molecule has 3 N–H and O–H groups in total. The molecule has 2 aromatic rings. The second-order valence-corrected chi connectivity index (χ2v) is 8.03. The second-order valence-electron chi connectivity index (χ2n) is 8.03. The third-order valence-electron chi connectivity index (χ3n) is 5.27. The van der Waals surface area contributed by atoms with E-state index >= 15 is 0 Å². The average molecular weight is 471 g/mol. The van der Waals surface area contributed by atoms with Crippen LogP contribution in [-0.4, -0.2) is 88.3 Å². The van der Waals surface area contributed by atoms with Gasteiger partial charge in [0.25, 0.3) is 5.56 Å². The van der Waals surface area contributed by atoms with Crippen molar-refractivity contribution in [2.75, 3.05) is 56.2 Å². The lowest BCUT2D eigenvalue weighted by atomic mass is 10.2. The first-order chi connectivity index (χ1) is 15.6. The van der Waals surface area contributed by atoms with Gasteiger partial charge >= 0.3 is 6.18 Å². The number of halogens is 3. The molecule has 1 unspecified atom stereocenters. The van der Waals surface area contributed by atoms with Crippen LogP contribution in [0.4, 0.5) is 24.8 Å². The van der Waals surface area contributed by atoms with Crippen molar-refractivity contribution in [2.45, 2.75) is 32.2 Å². The molecule has 2 aromatic heterocycles. The number of aromatic amines is 1. The summed E-state index contributed by atoms with van der Waals surface area (Å²) >= 11 is 0. The van der Waals surface area contributed by atoms with Crippen molar-refractivity contribution >= 4 is 11.6 Å². The van der Waals surface area contributed by atoms with E-state index in [9.17, 15) is 23.1 Å². The maximum Gasteiger partial charge on any atom is 0.419 e. The molecule has 2 atom stereocenters. The molecule has 0 aromatic carbocycles. The highest BCUT2D eigenvalue weighted by atomic mass is 19.4. The normalized spacial score (nSPS) is 17.1. The largest absolute Gasteiger partial charge is 0.419 e. The predicted octanol–water partition coefficient (Wildman–Crippen LogP) is 0.887. The minimum atomic E-state index is -4.46. The van der Waals surface area contributed by atoms with Gasteiger partial charge in [-0.3, -0.25) is 9.69 Å². The van der Waals surface area contributed by atoms with Gasteiger partial charge in [-0.05, 0) is 13.8 Å². The van der Waals surface area contributed by atoms with Crippen LogP contribution >= 0.6 is 0 Å². The van der Waals surface area contributed by atoms with Crippen molar-refractivity contribution in [3.8, 4) is 0 Å². The third-order valence-corrected chi connectivity index (χ3v) is 5.27. The van der Waals surface area contributed by atoms with E-state index in [0.29, 0.717) is 50.6 Å². The fourth-order valence-electron chi connectivity index (χ4n) is 3.40. The highest BCUT2D eigenvalue weighted by Crippen LogP contribution is 2.28. The Morgan fingerprint density at radius 3 is 2.48 bits per heavy atom. The molecule has 10 nitrogen and oxygen atoms in total. The van der Waals surface area contributed by atoms with E-state index in [1.807, 2.05) is 11.8 Å². The highest BCUT2D eigenvalue weighted by Gasteiger charge is 2.32. The van der Waals surface area contributed by atoms with Crippen molar-refractivity contribution in [3.63, 3.8) is 0 Å². The molecule has 0 amide bonds. The number of rotatable bonds is 9. The van der Waals surface area contributed by atoms with Crippen molar-refractivity contribution in [3.05, 3.63) is 40.1 Å². The molecule has 3 rings (SSSR count). The summed E-state index contributed by atoms with van der Waals surface area (Å²) < 4.78 is 43.5. The Morgan fingerprint density at radius 1 is 1.18 bits per heavy atom. The first-order valence-corrected chi connectivity index (χ1v) is 10.6. The second kappa shape index (κ2) is 10.9. The summed E-state index contributed by atoms with van der Waals surface area (Å²) in [6.45, 7) is 6.83. The van der Waals surface area contributed by atoms with Gasteiger partial charge in [0.2, 0.25) is 5.95 Å². The Hall–Kier alpha value is -2.77. The summed E-state index contributed by atoms with van der Waals surface area (Å²) in [6, 6.07) is -0.0909. The van der Waals surface area contributed by atoms with Gasteiger partial charge in [0.05, 0.1) is 36.8 Å². The highest BCUT2D eigenvalue weighted by molar-refractivity contribution is 5.47. The zero-order chi connectivity index (χ0) is 24.0. The van der Waals surface area contributed by atoms with E-state index in [-0.39, 0.29) is 24.2 Å². The zero-order valence-corrected chi connectivity index (χ0v) is 18.5. The molecule has 13 heteroatoms. The number of aliphatic hydroxyl groups is 1. The summed E-state index contributed by atoms with van der Waals surface area (Å²) in [4.78, 5) is 23.1. The number of alkyl halides is 3. The number of aromatic nitrogens is 4. The third kappa shape index (κ3) is 7.11. The summed E-state index contributed by atoms with van der Waals surface area (Å²) in [6.07, 6.45) is -2.02. The molecule has 0 saturated carbocycles. The first kappa shape index (κ1) is 24.9. The van der Waals surface area contributed by atoms with Crippen LogP contribution in [0.3, 0.4) is 0 Å². The Kier molecular flexibility index (Phi) is 8.21. The molecule has 0 radical (unpaired) electrons. The van der Waals surface area contributed by atoms with Crippen LogP contribution in [-0.2, 0) is 10.9 Å². The molecule has 0 aliphatic carbocycles. The molecule has 1 aliphatic rings. The van der Waals surface area contributed by atoms with Crippen molar-refractivity contribution in [1.29, 1.82) is 0 Å². The van der Waals surface area contributed by atoms with Crippen LogP contribution in [0.2, 0.25) is 0 Å². The maximum atomic E-state index is 12.6. The number of anilines is 2. The van der Waals surface area contributed by atoms with Gasteiger partial charge in [0, 0.05) is 56.7 Å². The summed E-state index contributed by atoms with van der Waals surface area (Å²) in [5.74, 6) is 0.263. The Bertz CT molecular complexity index is 947. The number of nitrogens with one attached hydrogen (secondary N) is 2. The van der Waals surface area contributed by atoms with Crippen LogP contribution < -0.4 is 15.8 Å². The van der Waals surface area contributed by atoms with Crippen molar-refractivity contribution < 1.29 is 23.0 Å². The lowest BCUT2D eigenvalue weighted by Crippen LogP contribution is -2.49. The molecule has 0 bridgehead atoms. The monoisotopic (exact) mass is 471 g/mol. The number of aliphatic hydroxyl groups excluding tert-OH is 1. The van der Waals surface area contributed by atoms with Gasteiger partial charge in [-0.25, -0.2) is 15.1 Å². The first-order valence-electron chi connectivity index (χ1n) is 10.6. The minimum absolute atomic E-state index is 0.0909. The lowest BCUT2D eigenvalue weighted by molar-refractivity contribution is -0.138. The minimum Gasteiger partial charge on any atom is -0.389 e. The molecule has 33 heavy (non-hydrogen) atoms. The number of ether oxygens (including phenoxy) is 1. The summed E-state index contributed by atoms with van der Waals surface area (Å²) in [5.41, 5.74) is 0.0401. The molecule has 182 valence electrons. The van der Waals surface area contributed by atoms with E-state index in [2.05, 4.69) is 30.4 Å². The van der Waals surface area contributed by atoms with Gasteiger partial charge in [0.1, 0.15) is 0 Å². The number of hydrogen-bond acceptors (Lipinski definition) is 9. The molecule has 0 spiro atoms. The van der Waals surface area contributed by atoms with Crippen molar-refractivity contribution in [2.24, 2.45) is 0 Å². The smallest absolute Gasteiger partial charge is 0.389 e. The Balaban J connectivity index is 1.36. The number of H-pyrrole nitrogens is 1. The standard InChI is InChI=1S/C20H28F3N7O3/c1-13(27-17-9-26-28-18(32)14(17)2)11-33-12-16(31)10-29-3-5-30(6-4-29)19-24-7-15(8-25-19)20(21,22)23/h7-9,13,16,31H,3-6,10-12H2,1-2H3,(H2,27,28,32)/t13-,16?/m0/s1. The van der Waals surface area contributed by atoms with Gasteiger partial charge < -0.3 is 20.1 Å². The topological polar surface area (TPSA) is 120 Å². The number of piperazine rings is 1. The van der Waals surface area contributed by atoms with Gasteiger partial charge in [0.15, 0.2) is 0 Å². The lowest BCUT2D eigenvalue weighted by Gasteiger charge is -2.35. The molecular formula is C20H28F3N7O3. The van der Waals surface area contributed by atoms with Crippen LogP contribution in [0.25, 0.3) is 0 Å². The number of β-amino-alcohol motifs (C(OH)–C–C–N with tert-alkyl or cyclic N) is 1. The van der Waals surface area contributed by atoms with Gasteiger partial charge in [-0.2, -0.15) is 18.3 Å². The maximum absolute atomic E-state index is 12.6. The van der Waals surface area contributed by atoms with E-state index in [0.717, 1.165) is 12.4 Å². The van der Waals surface area contributed by atoms with Crippen molar-refractivity contribution in [1.82, 2.24) is 25.1 Å². The van der Waals surface area contributed by atoms with E-state index in [1.165, 1.54) is 6.20 Å². The summed E-state index contributed by atoms with van der Waals surface area (Å²) in [5, 5.41) is 19.6. The Morgan fingerprint density at radius 2 is 1.85 bits per heavy atom. The van der Waals surface area contributed by atoms with Gasteiger partial charge in [-0.15, -0.1) is 0 Å². The van der Waals surface area contributed by atoms with E-state index < -0.39 is 17.8 Å².